The lowest BCUT2D eigenvalue weighted by Gasteiger charge is -2.27. The fourth-order valence-corrected chi connectivity index (χ4v) is 4.31. The van der Waals surface area contributed by atoms with E-state index < -0.39 is 0 Å². The van der Waals surface area contributed by atoms with Crippen molar-refractivity contribution in [1.82, 2.24) is 4.90 Å². The van der Waals surface area contributed by atoms with Crippen LogP contribution in [-0.2, 0) is 16.0 Å². The Kier molecular flexibility index (Phi) is 8.69. The van der Waals surface area contributed by atoms with Crippen molar-refractivity contribution in [2.45, 2.75) is 13.5 Å². The third-order valence-corrected chi connectivity index (χ3v) is 6.23. The van der Waals surface area contributed by atoms with Crippen LogP contribution in [-0.4, -0.2) is 51.5 Å². The number of nitrogens with zero attached hydrogens (tertiary/aromatic N) is 2. The van der Waals surface area contributed by atoms with Crippen molar-refractivity contribution in [2.24, 2.45) is 0 Å². The van der Waals surface area contributed by atoms with Gasteiger partial charge in [0.25, 0.3) is 0 Å². The van der Waals surface area contributed by atoms with E-state index in [4.69, 9.17) is 14.2 Å². The Bertz CT molecular complexity index is 1190. The molecule has 0 spiro atoms. The summed E-state index contributed by atoms with van der Waals surface area (Å²) in [4.78, 5) is 2.39. The molecule has 1 heterocycles. The van der Waals surface area contributed by atoms with Crippen molar-refractivity contribution in [3.8, 4) is 22.9 Å². The molecule has 1 aliphatic heterocycles. The number of hydrogen-bond acceptors (Lipinski definition) is 5. The van der Waals surface area contributed by atoms with Crippen LogP contribution in [0.4, 0.5) is 0 Å². The van der Waals surface area contributed by atoms with Crippen molar-refractivity contribution >= 4 is 12.2 Å². The molecule has 5 nitrogen and oxygen atoms in total. The Morgan fingerprint density at radius 2 is 1.74 bits per heavy atom. The summed E-state index contributed by atoms with van der Waals surface area (Å²) in [5, 5.41) is 9.94. The van der Waals surface area contributed by atoms with E-state index in [2.05, 4.69) is 36.1 Å². The first-order valence-corrected chi connectivity index (χ1v) is 12.0. The summed E-state index contributed by atoms with van der Waals surface area (Å²) in [5.41, 5.74) is 6.95. The van der Waals surface area contributed by atoms with Gasteiger partial charge >= 0.3 is 0 Å². The number of methoxy groups -OCH3 is 1. The van der Waals surface area contributed by atoms with Gasteiger partial charge in [0, 0.05) is 37.9 Å². The molecule has 0 aliphatic carbocycles. The van der Waals surface area contributed by atoms with Crippen LogP contribution in [0.2, 0.25) is 0 Å². The lowest BCUT2D eigenvalue weighted by Crippen LogP contribution is -2.35. The summed E-state index contributed by atoms with van der Waals surface area (Å²) in [7, 11) is 1.68. The number of aryl methyl sites for hydroxylation is 1. The molecule has 35 heavy (non-hydrogen) atoms. The minimum absolute atomic E-state index is 0.497. The van der Waals surface area contributed by atoms with Gasteiger partial charge in [-0.25, -0.2) is 0 Å². The Morgan fingerprint density at radius 1 is 0.971 bits per heavy atom. The lowest BCUT2D eigenvalue weighted by molar-refractivity contribution is 0.0337. The first-order chi connectivity index (χ1) is 17.2. The minimum atomic E-state index is 0.497. The summed E-state index contributed by atoms with van der Waals surface area (Å²) in [6.45, 7) is 7.36. The van der Waals surface area contributed by atoms with E-state index in [1.807, 2.05) is 54.6 Å². The van der Waals surface area contributed by atoms with Gasteiger partial charge in [0.1, 0.15) is 18.4 Å². The van der Waals surface area contributed by atoms with Crippen LogP contribution < -0.4 is 4.74 Å². The largest absolute Gasteiger partial charge is 0.491 e. The molecule has 0 aromatic heterocycles. The van der Waals surface area contributed by atoms with Gasteiger partial charge < -0.3 is 14.2 Å². The maximum absolute atomic E-state index is 9.94. The molecule has 4 rings (SSSR count). The van der Waals surface area contributed by atoms with E-state index in [1.165, 1.54) is 11.1 Å². The summed E-state index contributed by atoms with van der Waals surface area (Å²) in [5.74, 6) is 0.873. The smallest absolute Gasteiger partial charge is 0.124 e. The van der Waals surface area contributed by atoms with Crippen molar-refractivity contribution in [2.75, 3.05) is 46.6 Å². The molecule has 180 valence electrons. The van der Waals surface area contributed by atoms with E-state index in [0.717, 1.165) is 60.9 Å². The Labute approximate surface area is 208 Å². The number of hydrogen-bond donors (Lipinski definition) is 0. The quantitative estimate of drug-likeness (QED) is 0.304. The molecule has 1 aliphatic rings. The fraction of sp³-hybridized carbons (Fsp3) is 0.300. The highest BCUT2D eigenvalue weighted by molar-refractivity contribution is 5.81. The molecule has 0 atom stereocenters. The van der Waals surface area contributed by atoms with Gasteiger partial charge in [-0.05, 0) is 35.2 Å². The standard InChI is InChI=1S/C30H32N2O3/c1-23-19-27(22-32-13-15-34-16-14-32)30(35-18-17-33-2)20-26(23)12-11-25-9-6-10-28(29(25)21-31)24-7-4-3-5-8-24/h3-12,19-20H,13-18,22H2,1-2H3/b12-11+. The molecule has 0 unspecified atom stereocenters. The highest BCUT2D eigenvalue weighted by atomic mass is 16.5. The normalized spacial score (nSPS) is 14.2. The topological polar surface area (TPSA) is 54.7 Å². The lowest BCUT2D eigenvalue weighted by atomic mass is 9.95. The molecule has 0 radical (unpaired) electrons. The van der Waals surface area contributed by atoms with Crippen LogP contribution in [0.1, 0.15) is 27.8 Å². The summed E-state index contributed by atoms with van der Waals surface area (Å²) in [6, 6.07) is 22.7. The zero-order chi connectivity index (χ0) is 24.5. The third kappa shape index (κ3) is 6.37. The second-order valence-corrected chi connectivity index (χ2v) is 8.63. The van der Waals surface area contributed by atoms with Crippen molar-refractivity contribution in [3.05, 3.63) is 88.5 Å². The molecule has 0 saturated carbocycles. The van der Waals surface area contributed by atoms with Crippen LogP contribution in [0, 0.1) is 18.3 Å². The van der Waals surface area contributed by atoms with E-state index in [1.54, 1.807) is 7.11 Å². The van der Waals surface area contributed by atoms with Gasteiger partial charge in [-0.2, -0.15) is 5.26 Å². The van der Waals surface area contributed by atoms with E-state index in [0.29, 0.717) is 18.8 Å². The van der Waals surface area contributed by atoms with E-state index in [-0.39, 0.29) is 0 Å². The maximum atomic E-state index is 9.94. The van der Waals surface area contributed by atoms with Crippen molar-refractivity contribution in [3.63, 3.8) is 0 Å². The molecule has 1 saturated heterocycles. The summed E-state index contributed by atoms with van der Waals surface area (Å²) in [6.07, 6.45) is 4.09. The Morgan fingerprint density at radius 3 is 2.49 bits per heavy atom. The molecule has 0 N–H and O–H groups in total. The predicted molar refractivity (Wildman–Crippen MR) is 140 cm³/mol. The number of benzene rings is 3. The third-order valence-electron chi connectivity index (χ3n) is 6.23. The molecule has 5 heteroatoms. The highest BCUT2D eigenvalue weighted by Gasteiger charge is 2.15. The molecule has 0 bridgehead atoms. The van der Waals surface area contributed by atoms with Crippen LogP contribution in [0.3, 0.4) is 0 Å². The van der Waals surface area contributed by atoms with Crippen molar-refractivity contribution in [1.29, 1.82) is 5.26 Å². The summed E-state index contributed by atoms with van der Waals surface area (Å²) < 4.78 is 16.8. The van der Waals surface area contributed by atoms with Crippen LogP contribution in [0.15, 0.2) is 60.7 Å². The van der Waals surface area contributed by atoms with Crippen LogP contribution in [0.25, 0.3) is 23.3 Å². The SMILES string of the molecule is COCCOc1cc(/C=C/c2cccc(-c3ccccc3)c2C#N)c(C)cc1CN1CCOCC1. The van der Waals surface area contributed by atoms with Gasteiger partial charge in [-0.15, -0.1) is 0 Å². The summed E-state index contributed by atoms with van der Waals surface area (Å²) >= 11 is 0. The van der Waals surface area contributed by atoms with Crippen LogP contribution >= 0.6 is 0 Å². The van der Waals surface area contributed by atoms with E-state index >= 15 is 0 Å². The average molecular weight is 469 g/mol. The second-order valence-electron chi connectivity index (χ2n) is 8.63. The number of rotatable bonds is 9. The minimum Gasteiger partial charge on any atom is -0.491 e. The monoisotopic (exact) mass is 468 g/mol. The number of nitriles is 1. The molecule has 1 fully saturated rings. The number of morpholine rings is 1. The van der Waals surface area contributed by atoms with Crippen molar-refractivity contribution < 1.29 is 14.2 Å². The first kappa shape index (κ1) is 24.7. The maximum Gasteiger partial charge on any atom is 0.124 e. The molecule has 3 aromatic rings. The molecule has 0 amide bonds. The predicted octanol–water partition coefficient (Wildman–Crippen LogP) is 5.56. The Hall–Kier alpha value is -3.43. The van der Waals surface area contributed by atoms with Gasteiger partial charge in [-0.3, -0.25) is 4.90 Å². The Balaban J connectivity index is 1.64. The van der Waals surface area contributed by atoms with Crippen LogP contribution in [0.5, 0.6) is 5.75 Å². The first-order valence-electron chi connectivity index (χ1n) is 12.0. The van der Waals surface area contributed by atoms with E-state index in [9.17, 15) is 5.26 Å². The van der Waals surface area contributed by atoms with Gasteiger partial charge in [-0.1, -0.05) is 66.7 Å². The highest BCUT2D eigenvalue weighted by Crippen LogP contribution is 2.29. The fourth-order valence-electron chi connectivity index (χ4n) is 4.31. The number of ether oxygens (including phenoxy) is 3. The second kappa shape index (κ2) is 12.3. The molecular formula is C30H32N2O3. The average Bonchev–Trinajstić information content (AvgIpc) is 2.90. The van der Waals surface area contributed by atoms with Gasteiger partial charge in [0.15, 0.2) is 0 Å². The zero-order valence-electron chi connectivity index (χ0n) is 20.5. The molecular weight excluding hydrogens is 436 g/mol. The zero-order valence-corrected chi connectivity index (χ0v) is 20.5. The van der Waals surface area contributed by atoms with Gasteiger partial charge in [0.05, 0.1) is 25.4 Å². The van der Waals surface area contributed by atoms with Gasteiger partial charge in [0.2, 0.25) is 0 Å². The molecule has 3 aromatic carbocycles.